The molecule has 0 spiro atoms. The molecule has 4 heteroatoms. The fourth-order valence-corrected chi connectivity index (χ4v) is 3.15. The fourth-order valence-electron chi connectivity index (χ4n) is 2.53. The zero-order valence-electron chi connectivity index (χ0n) is 12.7. The third-order valence-corrected chi connectivity index (χ3v) is 4.44. The van der Waals surface area contributed by atoms with Crippen molar-refractivity contribution < 1.29 is 9.53 Å². The maximum absolute atomic E-state index is 12.3. The highest BCUT2D eigenvalue weighted by molar-refractivity contribution is 7.99. The Hall–Kier alpha value is -0.220. The van der Waals surface area contributed by atoms with Gasteiger partial charge in [-0.25, -0.2) is 0 Å². The minimum Gasteiger partial charge on any atom is -0.369 e. The molecule has 0 aromatic rings. The van der Waals surface area contributed by atoms with Crippen LogP contribution in [0.2, 0.25) is 0 Å². The van der Waals surface area contributed by atoms with Crippen LogP contribution in [-0.4, -0.2) is 47.6 Å². The minimum absolute atomic E-state index is 0.127. The zero-order chi connectivity index (χ0) is 14.1. The average Bonchev–Trinajstić information content (AvgIpc) is 2.42. The molecular weight excluding hydrogens is 258 g/mol. The number of amides is 1. The molecular formula is C15H29NO2S. The second-order valence-corrected chi connectivity index (χ2v) is 6.83. The summed E-state index contributed by atoms with van der Waals surface area (Å²) in [6, 6.07) is 0.453. The van der Waals surface area contributed by atoms with Crippen LogP contribution in [0.3, 0.4) is 0 Å². The van der Waals surface area contributed by atoms with E-state index in [2.05, 4.69) is 11.8 Å². The van der Waals surface area contributed by atoms with Gasteiger partial charge >= 0.3 is 0 Å². The van der Waals surface area contributed by atoms with Gasteiger partial charge in [-0.15, -0.1) is 0 Å². The predicted octanol–water partition coefficient (Wildman–Crippen LogP) is 3.33. The monoisotopic (exact) mass is 287 g/mol. The normalized spacial score (nSPS) is 16.8. The molecule has 1 rings (SSSR count). The van der Waals surface area contributed by atoms with Gasteiger partial charge in [0.2, 0.25) is 5.91 Å². The third-order valence-electron chi connectivity index (χ3n) is 3.56. The standard InChI is InChI=1S/C15H29NO2S/c1-4-19-11-10-16(14-8-6-5-7-9-14)15(17)12-18-13(2)3/h13-14H,4-12H2,1-3H3. The molecule has 1 amide bonds. The smallest absolute Gasteiger partial charge is 0.248 e. The van der Waals surface area contributed by atoms with Crippen LogP contribution in [0.25, 0.3) is 0 Å². The first-order chi connectivity index (χ1) is 9.15. The minimum atomic E-state index is 0.127. The molecule has 0 unspecified atom stereocenters. The first-order valence-corrected chi connectivity index (χ1v) is 8.79. The van der Waals surface area contributed by atoms with Crippen molar-refractivity contribution in [2.75, 3.05) is 24.7 Å². The van der Waals surface area contributed by atoms with Gasteiger partial charge in [0.25, 0.3) is 0 Å². The van der Waals surface area contributed by atoms with Crippen LogP contribution in [0.15, 0.2) is 0 Å². The highest BCUT2D eigenvalue weighted by atomic mass is 32.2. The molecule has 0 aromatic carbocycles. The first-order valence-electron chi connectivity index (χ1n) is 7.64. The fraction of sp³-hybridized carbons (Fsp3) is 0.933. The van der Waals surface area contributed by atoms with E-state index in [0.717, 1.165) is 18.1 Å². The highest BCUT2D eigenvalue weighted by Gasteiger charge is 2.25. The van der Waals surface area contributed by atoms with Gasteiger partial charge in [0.15, 0.2) is 0 Å². The number of carbonyl (C=O) groups is 1. The van der Waals surface area contributed by atoms with Crippen LogP contribution in [0, 0.1) is 0 Å². The second kappa shape index (κ2) is 9.65. The molecule has 1 fully saturated rings. The lowest BCUT2D eigenvalue weighted by Crippen LogP contribution is -2.44. The molecule has 1 aliphatic carbocycles. The number of nitrogens with zero attached hydrogens (tertiary/aromatic N) is 1. The van der Waals surface area contributed by atoms with Gasteiger partial charge in [-0.2, -0.15) is 11.8 Å². The van der Waals surface area contributed by atoms with E-state index in [4.69, 9.17) is 4.74 Å². The van der Waals surface area contributed by atoms with E-state index in [1.807, 2.05) is 25.6 Å². The van der Waals surface area contributed by atoms with Gasteiger partial charge in [0.1, 0.15) is 6.61 Å². The molecule has 0 bridgehead atoms. The van der Waals surface area contributed by atoms with Gasteiger partial charge in [0.05, 0.1) is 6.10 Å². The van der Waals surface area contributed by atoms with Gasteiger partial charge in [0, 0.05) is 18.3 Å². The predicted molar refractivity (Wildman–Crippen MR) is 82.7 cm³/mol. The maximum Gasteiger partial charge on any atom is 0.248 e. The molecule has 3 nitrogen and oxygen atoms in total. The Bertz CT molecular complexity index is 253. The van der Waals surface area contributed by atoms with Crippen molar-refractivity contribution in [2.24, 2.45) is 0 Å². The Kier molecular flexibility index (Phi) is 8.55. The van der Waals surface area contributed by atoms with Crippen molar-refractivity contribution in [1.82, 2.24) is 4.90 Å². The Morgan fingerprint density at radius 1 is 1.32 bits per heavy atom. The van der Waals surface area contributed by atoms with E-state index in [0.29, 0.717) is 6.04 Å². The van der Waals surface area contributed by atoms with Crippen molar-refractivity contribution in [3.05, 3.63) is 0 Å². The summed E-state index contributed by atoms with van der Waals surface area (Å²) >= 11 is 1.91. The van der Waals surface area contributed by atoms with Crippen LogP contribution < -0.4 is 0 Å². The molecule has 0 saturated heterocycles. The van der Waals surface area contributed by atoms with Crippen molar-refractivity contribution >= 4 is 17.7 Å². The van der Waals surface area contributed by atoms with Crippen LogP contribution in [0.5, 0.6) is 0 Å². The summed E-state index contributed by atoms with van der Waals surface area (Å²) in [7, 11) is 0. The van der Waals surface area contributed by atoms with Crippen molar-refractivity contribution in [3.63, 3.8) is 0 Å². The van der Waals surface area contributed by atoms with E-state index >= 15 is 0 Å². The number of rotatable bonds is 8. The number of carbonyl (C=O) groups excluding carboxylic acids is 1. The van der Waals surface area contributed by atoms with E-state index in [1.54, 1.807) is 0 Å². The number of hydrogen-bond acceptors (Lipinski definition) is 3. The maximum atomic E-state index is 12.3. The van der Waals surface area contributed by atoms with Gasteiger partial charge in [-0.05, 0) is 32.4 Å². The van der Waals surface area contributed by atoms with E-state index in [1.165, 1.54) is 32.1 Å². The quantitative estimate of drug-likeness (QED) is 0.641. The first kappa shape index (κ1) is 16.8. The third kappa shape index (κ3) is 6.66. The Labute approximate surface area is 122 Å². The van der Waals surface area contributed by atoms with Crippen LogP contribution in [0.4, 0.5) is 0 Å². The summed E-state index contributed by atoms with van der Waals surface area (Å²) in [4.78, 5) is 14.4. The van der Waals surface area contributed by atoms with Gasteiger partial charge in [-0.3, -0.25) is 4.79 Å². The number of ether oxygens (including phenoxy) is 1. The molecule has 0 atom stereocenters. The number of hydrogen-bond donors (Lipinski definition) is 0. The summed E-state index contributed by atoms with van der Waals surface area (Å²) in [5, 5.41) is 0. The SMILES string of the molecule is CCSCCN(C(=O)COC(C)C)C1CCCCC1. The summed E-state index contributed by atoms with van der Waals surface area (Å²) in [6.45, 7) is 7.24. The van der Waals surface area contributed by atoms with E-state index in [-0.39, 0.29) is 18.6 Å². The van der Waals surface area contributed by atoms with Crippen molar-refractivity contribution in [2.45, 2.75) is 65.0 Å². The summed E-state index contributed by atoms with van der Waals surface area (Å²) in [6.07, 6.45) is 6.32. The summed E-state index contributed by atoms with van der Waals surface area (Å²) < 4.78 is 5.48. The average molecular weight is 287 g/mol. The largest absolute Gasteiger partial charge is 0.369 e. The lowest BCUT2D eigenvalue weighted by Gasteiger charge is -2.34. The lowest BCUT2D eigenvalue weighted by atomic mass is 9.94. The Balaban J connectivity index is 2.48. The molecule has 0 aliphatic heterocycles. The van der Waals surface area contributed by atoms with Gasteiger partial charge in [-0.1, -0.05) is 26.2 Å². The second-order valence-electron chi connectivity index (χ2n) is 5.44. The summed E-state index contributed by atoms with van der Waals surface area (Å²) in [5.74, 6) is 2.34. The van der Waals surface area contributed by atoms with Crippen LogP contribution >= 0.6 is 11.8 Å². The molecule has 19 heavy (non-hydrogen) atoms. The molecule has 0 radical (unpaired) electrons. The zero-order valence-corrected chi connectivity index (χ0v) is 13.5. The summed E-state index contributed by atoms with van der Waals surface area (Å²) in [5.41, 5.74) is 0. The van der Waals surface area contributed by atoms with Crippen molar-refractivity contribution in [1.29, 1.82) is 0 Å². The highest BCUT2D eigenvalue weighted by Crippen LogP contribution is 2.23. The molecule has 112 valence electrons. The topological polar surface area (TPSA) is 29.5 Å². The Morgan fingerprint density at radius 3 is 2.58 bits per heavy atom. The molecule has 1 aliphatic rings. The van der Waals surface area contributed by atoms with E-state index < -0.39 is 0 Å². The lowest BCUT2D eigenvalue weighted by molar-refractivity contribution is -0.140. The van der Waals surface area contributed by atoms with Crippen molar-refractivity contribution in [3.8, 4) is 0 Å². The van der Waals surface area contributed by atoms with Gasteiger partial charge < -0.3 is 9.64 Å². The Morgan fingerprint density at radius 2 is 2.00 bits per heavy atom. The molecule has 0 heterocycles. The number of thioether (sulfide) groups is 1. The van der Waals surface area contributed by atoms with Crippen LogP contribution in [-0.2, 0) is 9.53 Å². The molecule has 0 N–H and O–H groups in total. The van der Waals surface area contributed by atoms with Crippen LogP contribution in [0.1, 0.15) is 52.9 Å². The molecule has 1 saturated carbocycles. The van der Waals surface area contributed by atoms with E-state index in [9.17, 15) is 4.79 Å². The molecule has 0 aromatic heterocycles.